The van der Waals surface area contributed by atoms with Gasteiger partial charge in [0.05, 0.1) is 43.5 Å². The smallest absolute Gasteiger partial charge is 0.339 e. The summed E-state index contributed by atoms with van der Waals surface area (Å²) in [6.07, 6.45) is 3.60. The van der Waals surface area contributed by atoms with E-state index in [0.29, 0.717) is 40.8 Å². The van der Waals surface area contributed by atoms with Crippen molar-refractivity contribution in [2.24, 2.45) is 0 Å². The molecule has 8 heteroatoms. The molecule has 1 amide bonds. The molecule has 1 aliphatic rings. The number of benzene rings is 2. The number of aromatic nitrogens is 1. The number of allylic oxidation sites excluding steroid dienone is 1. The standard InChI is InChI=1S/C28H27N3O5/c1-31(14-6-13-29)25(32)17-36-28(33)26-20-7-4-5-8-22(20)30-27-19(10-11-21(26)27)15-18-9-12-23(34-2)24(16-18)35-3/h4-5,7-9,12,15-16H,6,10-11,14,17H2,1-3H3/b19-15+. The molecule has 0 N–H and O–H groups in total. The number of carbonyl (C=O) groups excluding carboxylic acids is 2. The molecular formula is C28H27N3O5. The Morgan fingerprint density at radius 1 is 1.11 bits per heavy atom. The second-order valence-electron chi connectivity index (χ2n) is 8.41. The van der Waals surface area contributed by atoms with Gasteiger partial charge >= 0.3 is 5.97 Å². The van der Waals surface area contributed by atoms with Crippen LogP contribution in [-0.2, 0) is 16.0 Å². The van der Waals surface area contributed by atoms with Crippen molar-refractivity contribution < 1.29 is 23.8 Å². The first-order chi connectivity index (χ1) is 17.5. The highest BCUT2D eigenvalue weighted by Crippen LogP contribution is 2.38. The lowest BCUT2D eigenvalue weighted by Crippen LogP contribution is -2.32. The maximum absolute atomic E-state index is 13.3. The van der Waals surface area contributed by atoms with Gasteiger partial charge in [-0.3, -0.25) is 4.79 Å². The van der Waals surface area contributed by atoms with Crippen LogP contribution in [0.2, 0.25) is 0 Å². The molecule has 3 aromatic rings. The van der Waals surface area contributed by atoms with E-state index in [1.165, 1.54) is 4.90 Å². The van der Waals surface area contributed by atoms with Crippen LogP contribution in [0.25, 0.3) is 22.6 Å². The topological polar surface area (TPSA) is 102 Å². The van der Waals surface area contributed by atoms with Gasteiger partial charge in [0, 0.05) is 19.0 Å². The first-order valence-electron chi connectivity index (χ1n) is 11.6. The summed E-state index contributed by atoms with van der Waals surface area (Å²) < 4.78 is 16.2. The quantitative estimate of drug-likeness (QED) is 0.439. The Labute approximate surface area is 209 Å². The van der Waals surface area contributed by atoms with Gasteiger partial charge in [-0.25, -0.2) is 9.78 Å². The zero-order chi connectivity index (χ0) is 25.7. The normalized spacial score (nSPS) is 13.2. The van der Waals surface area contributed by atoms with Crippen molar-refractivity contribution in [1.29, 1.82) is 5.26 Å². The molecule has 0 aliphatic heterocycles. The predicted molar refractivity (Wildman–Crippen MR) is 136 cm³/mol. The van der Waals surface area contributed by atoms with E-state index in [1.807, 2.05) is 54.6 Å². The van der Waals surface area contributed by atoms with Crippen LogP contribution in [0.1, 0.15) is 40.0 Å². The number of methoxy groups -OCH3 is 2. The van der Waals surface area contributed by atoms with E-state index < -0.39 is 5.97 Å². The molecule has 0 radical (unpaired) electrons. The minimum Gasteiger partial charge on any atom is -0.493 e. The lowest BCUT2D eigenvalue weighted by molar-refractivity contribution is -0.133. The number of nitriles is 1. The summed E-state index contributed by atoms with van der Waals surface area (Å²) in [7, 11) is 4.77. The fraction of sp³-hybridized carbons (Fsp3) is 0.286. The third kappa shape index (κ3) is 5.01. The number of rotatable bonds is 8. The molecule has 0 saturated carbocycles. The van der Waals surface area contributed by atoms with Crippen molar-refractivity contribution in [2.75, 3.05) is 34.4 Å². The van der Waals surface area contributed by atoms with Crippen molar-refractivity contribution in [3.05, 3.63) is 64.8 Å². The lowest BCUT2D eigenvalue weighted by atomic mass is 10.0. The maximum Gasteiger partial charge on any atom is 0.339 e. The van der Waals surface area contributed by atoms with Gasteiger partial charge in [-0.1, -0.05) is 24.3 Å². The van der Waals surface area contributed by atoms with E-state index >= 15 is 0 Å². The Morgan fingerprint density at radius 3 is 2.64 bits per heavy atom. The van der Waals surface area contributed by atoms with E-state index in [4.69, 9.17) is 24.5 Å². The number of likely N-dealkylation sites (N-methyl/N-ethyl adjacent to an activating group) is 1. The van der Waals surface area contributed by atoms with Gasteiger partial charge in [0.1, 0.15) is 0 Å². The van der Waals surface area contributed by atoms with E-state index in [-0.39, 0.29) is 25.5 Å². The first kappa shape index (κ1) is 24.7. The van der Waals surface area contributed by atoms with E-state index in [2.05, 4.69) is 0 Å². The van der Waals surface area contributed by atoms with Gasteiger partial charge in [0.2, 0.25) is 0 Å². The average molecular weight is 486 g/mol. The number of para-hydroxylation sites is 1. The molecule has 0 fully saturated rings. The summed E-state index contributed by atoms with van der Waals surface area (Å²) >= 11 is 0. The molecular weight excluding hydrogens is 458 g/mol. The van der Waals surface area contributed by atoms with E-state index in [9.17, 15) is 9.59 Å². The van der Waals surface area contributed by atoms with Crippen LogP contribution >= 0.6 is 0 Å². The minimum atomic E-state index is -0.556. The highest BCUT2D eigenvalue weighted by molar-refractivity contribution is 6.07. The minimum absolute atomic E-state index is 0.216. The molecule has 2 aromatic carbocycles. The Morgan fingerprint density at radius 2 is 1.89 bits per heavy atom. The Kier molecular flexibility index (Phi) is 7.50. The van der Waals surface area contributed by atoms with Gasteiger partial charge in [-0.2, -0.15) is 5.26 Å². The summed E-state index contributed by atoms with van der Waals surface area (Å²) in [6.45, 7) is -0.106. The van der Waals surface area contributed by atoms with Crippen LogP contribution < -0.4 is 9.47 Å². The van der Waals surface area contributed by atoms with Crippen molar-refractivity contribution in [2.45, 2.75) is 19.3 Å². The average Bonchev–Trinajstić information content (AvgIpc) is 3.30. The summed E-state index contributed by atoms with van der Waals surface area (Å²) in [6, 6.07) is 15.1. The molecule has 184 valence electrons. The van der Waals surface area contributed by atoms with Crippen molar-refractivity contribution >= 4 is 34.4 Å². The molecule has 4 rings (SSSR count). The Hall–Kier alpha value is -4.38. The molecule has 1 heterocycles. The SMILES string of the molecule is COc1ccc(/C=C2\CCc3c2nc2ccccc2c3C(=O)OCC(=O)N(C)CCC#N)cc1OC. The molecule has 36 heavy (non-hydrogen) atoms. The van der Waals surface area contributed by atoms with E-state index in [1.54, 1.807) is 21.3 Å². The highest BCUT2D eigenvalue weighted by Gasteiger charge is 2.28. The largest absolute Gasteiger partial charge is 0.493 e. The summed E-state index contributed by atoms with van der Waals surface area (Å²) in [5, 5.41) is 9.42. The highest BCUT2D eigenvalue weighted by atomic mass is 16.5. The van der Waals surface area contributed by atoms with Gasteiger partial charge < -0.3 is 19.1 Å². The lowest BCUT2D eigenvalue weighted by Gasteiger charge is -2.16. The molecule has 0 bridgehead atoms. The number of pyridine rings is 1. The van der Waals surface area contributed by atoms with E-state index in [0.717, 1.165) is 22.4 Å². The number of hydrogen-bond donors (Lipinski definition) is 0. The Bertz CT molecular complexity index is 1390. The first-order valence-corrected chi connectivity index (χ1v) is 11.6. The monoisotopic (exact) mass is 485 g/mol. The fourth-order valence-corrected chi connectivity index (χ4v) is 4.31. The number of fused-ring (bicyclic) bond motifs is 2. The van der Waals surface area contributed by atoms with Crippen LogP contribution in [0.5, 0.6) is 11.5 Å². The zero-order valence-electron chi connectivity index (χ0n) is 20.5. The number of carbonyl (C=O) groups is 2. The van der Waals surface area contributed by atoms with Crippen LogP contribution in [0.15, 0.2) is 42.5 Å². The van der Waals surface area contributed by atoms with Crippen LogP contribution in [0.3, 0.4) is 0 Å². The molecule has 0 unspecified atom stereocenters. The number of hydrogen-bond acceptors (Lipinski definition) is 7. The number of esters is 1. The summed E-state index contributed by atoms with van der Waals surface area (Å²) in [5.74, 6) is 0.362. The fourth-order valence-electron chi connectivity index (χ4n) is 4.31. The molecule has 1 aliphatic carbocycles. The van der Waals surface area contributed by atoms with Crippen molar-refractivity contribution in [3.63, 3.8) is 0 Å². The second-order valence-corrected chi connectivity index (χ2v) is 8.41. The number of ether oxygens (including phenoxy) is 3. The van der Waals surface area contributed by atoms with Crippen LogP contribution in [-0.4, -0.2) is 56.2 Å². The molecule has 0 spiro atoms. The Balaban J connectivity index is 1.68. The maximum atomic E-state index is 13.3. The summed E-state index contributed by atoms with van der Waals surface area (Å²) in [4.78, 5) is 31.8. The molecule has 1 aromatic heterocycles. The van der Waals surface area contributed by atoms with Gasteiger partial charge in [0.15, 0.2) is 18.1 Å². The summed E-state index contributed by atoms with van der Waals surface area (Å²) in [5.41, 5.74) is 4.63. The van der Waals surface area contributed by atoms with Gasteiger partial charge in [0.25, 0.3) is 5.91 Å². The molecule has 0 atom stereocenters. The third-order valence-electron chi connectivity index (χ3n) is 6.21. The second kappa shape index (κ2) is 10.9. The van der Waals surface area contributed by atoms with Gasteiger partial charge in [-0.15, -0.1) is 0 Å². The van der Waals surface area contributed by atoms with Crippen molar-refractivity contribution in [3.8, 4) is 17.6 Å². The third-order valence-corrected chi connectivity index (χ3v) is 6.21. The number of amides is 1. The van der Waals surface area contributed by atoms with Gasteiger partial charge in [-0.05, 0) is 53.8 Å². The van der Waals surface area contributed by atoms with Crippen LogP contribution in [0.4, 0.5) is 0 Å². The molecule has 0 saturated heterocycles. The van der Waals surface area contributed by atoms with Crippen molar-refractivity contribution in [1.82, 2.24) is 9.88 Å². The predicted octanol–water partition coefficient (Wildman–Crippen LogP) is 4.27. The van der Waals surface area contributed by atoms with Crippen LogP contribution in [0, 0.1) is 11.3 Å². The molecule has 8 nitrogen and oxygen atoms in total. The number of nitrogens with zero attached hydrogens (tertiary/aromatic N) is 3. The zero-order valence-corrected chi connectivity index (χ0v) is 20.5.